The summed E-state index contributed by atoms with van der Waals surface area (Å²) in [5.74, 6) is 1.31. The summed E-state index contributed by atoms with van der Waals surface area (Å²) >= 11 is 0. The minimum Gasteiger partial charge on any atom is -0.454 e. The highest BCUT2D eigenvalue weighted by molar-refractivity contribution is 5.95. The lowest BCUT2D eigenvalue weighted by Gasteiger charge is -2.38. The van der Waals surface area contributed by atoms with Crippen LogP contribution in [0.1, 0.15) is 30.1 Å². The van der Waals surface area contributed by atoms with Gasteiger partial charge in [-0.3, -0.25) is 4.79 Å². The molecule has 132 valence electrons. The molecule has 0 spiro atoms. The maximum atomic E-state index is 13.0. The summed E-state index contributed by atoms with van der Waals surface area (Å²) in [4.78, 5) is 14.9. The Hall–Kier alpha value is -1.79. The Labute approximate surface area is 142 Å². The van der Waals surface area contributed by atoms with Crippen molar-refractivity contribution < 1.29 is 23.7 Å². The molecule has 24 heavy (non-hydrogen) atoms. The van der Waals surface area contributed by atoms with Gasteiger partial charge in [-0.25, -0.2) is 0 Å². The van der Waals surface area contributed by atoms with Crippen LogP contribution in [0.4, 0.5) is 0 Å². The van der Waals surface area contributed by atoms with Gasteiger partial charge in [-0.1, -0.05) is 6.92 Å². The summed E-state index contributed by atoms with van der Waals surface area (Å²) in [6.07, 6.45) is 1.93. The third-order valence-electron chi connectivity index (χ3n) is 4.74. The molecule has 1 fully saturated rings. The van der Waals surface area contributed by atoms with Gasteiger partial charge in [0.15, 0.2) is 11.5 Å². The van der Waals surface area contributed by atoms with E-state index in [1.807, 2.05) is 4.90 Å². The first kappa shape index (κ1) is 17.0. The number of nitrogens with zero attached hydrogens (tertiary/aromatic N) is 1. The number of hydrogen-bond acceptors (Lipinski definition) is 5. The van der Waals surface area contributed by atoms with Crippen molar-refractivity contribution in [1.29, 1.82) is 0 Å². The van der Waals surface area contributed by atoms with Crippen molar-refractivity contribution in [2.75, 3.05) is 46.8 Å². The van der Waals surface area contributed by atoms with Gasteiger partial charge in [-0.2, -0.15) is 0 Å². The smallest absolute Gasteiger partial charge is 0.254 e. The second kappa shape index (κ2) is 7.40. The van der Waals surface area contributed by atoms with Crippen LogP contribution in [0.5, 0.6) is 11.5 Å². The number of hydrogen-bond donors (Lipinski definition) is 0. The zero-order chi connectivity index (χ0) is 17.0. The molecule has 2 aliphatic heterocycles. The fraction of sp³-hybridized carbons (Fsp3) is 0.611. The predicted octanol–water partition coefficient (Wildman–Crippen LogP) is 2.32. The van der Waals surface area contributed by atoms with Crippen molar-refractivity contribution in [2.24, 2.45) is 5.41 Å². The van der Waals surface area contributed by atoms with Crippen LogP contribution in [-0.4, -0.2) is 57.6 Å². The Morgan fingerprint density at radius 2 is 2.00 bits per heavy atom. The molecule has 6 heteroatoms. The summed E-state index contributed by atoms with van der Waals surface area (Å²) < 4.78 is 21.4. The molecule has 0 bridgehead atoms. The highest BCUT2D eigenvalue weighted by Gasteiger charge is 2.32. The van der Waals surface area contributed by atoms with E-state index in [-0.39, 0.29) is 18.1 Å². The van der Waals surface area contributed by atoms with Crippen molar-refractivity contribution in [3.63, 3.8) is 0 Å². The van der Waals surface area contributed by atoms with E-state index in [9.17, 15) is 4.79 Å². The summed E-state index contributed by atoms with van der Waals surface area (Å²) in [7, 11) is 1.65. The molecule has 1 aromatic rings. The van der Waals surface area contributed by atoms with Crippen LogP contribution in [0.2, 0.25) is 0 Å². The zero-order valence-electron chi connectivity index (χ0n) is 14.4. The normalized spacial score (nSPS) is 18.4. The third-order valence-corrected chi connectivity index (χ3v) is 4.74. The van der Waals surface area contributed by atoms with Gasteiger partial charge < -0.3 is 23.8 Å². The van der Waals surface area contributed by atoms with E-state index < -0.39 is 0 Å². The molecule has 3 rings (SSSR count). The number of fused-ring (bicyclic) bond motifs is 1. The lowest BCUT2D eigenvalue weighted by Crippen LogP contribution is -2.44. The van der Waals surface area contributed by atoms with Crippen LogP contribution in [0, 0.1) is 5.41 Å². The maximum Gasteiger partial charge on any atom is 0.254 e. The van der Waals surface area contributed by atoms with Gasteiger partial charge in [0.2, 0.25) is 6.79 Å². The molecule has 0 saturated carbocycles. The summed E-state index contributed by atoms with van der Waals surface area (Å²) in [5, 5.41) is 0. The molecule has 0 aromatic heterocycles. The van der Waals surface area contributed by atoms with E-state index >= 15 is 0 Å². The fourth-order valence-corrected chi connectivity index (χ4v) is 3.15. The van der Waals surface area contributed by atoms with E-state index in [1.165, 1.54) is 0 Å². The minimum absolute atomic E-state index is 0.00179. The first-order chi connectivity index (χ1) is 11.6. The van der Waals surface area contributed by atoms with Gasteiger partial charge in [0.1, 0.15) is 0 Å². The summed E-state index contributed by atoms with van der Waals surface area (Å²) in [5.41, 5.74) is 0.698. The second-order valence-electron chi connectivity index (χ2n) is 6.71. The Bertz CT molecular complexity index is 583. The molecular weight excluding hydrogens is 310 g/mol. The number of carbonyl (C=O) groups excluding carboxylic acids is 1. The Morgan fingerprint density at radius 1 is 1.25 bits per heavy atom. The number of ether oxygens (including phenoxy) is 4. The van der Waals surface area contributed by atoms with Gasteiger partial charge in [-0.15, -0.1) is 0 Å². The molecule has 1 saturated heterocycles. The third kappa shape index (κ3) is 3.82. The van der Waals surface area contributed by atoms with Crippen LogP contribution >= 0.6 is 0 Å². The zero-order valence-corrected chi connectivity index (χ0v) is 14.4. The molecule has 6 nitrogen and oxygen atoms in total. The van der Waals surface area contributed by atoms with Gasteiger partial charge in [0.05, 0.1) is 6.61 Å². The lowest BCUT2D eigenvalue weighted by atomic mass is 9.82. The van der Waals surface area contributed by atoms with Crippen molar-refractivity contribution in [3.05, 3.63) is 23.8 Å². The highest BCUT2D eigenvalue weighted by Crippen LogP contribution is 2.34. The standard InChI is InChI=1S/C18H25NO5/c1-18(5-8-22-9-6-18)12-19(7-10-21-2)17(20)14-3-4-15-16(11-14)24-13-23-15/h3-4,11H,5-10,12-13H2,1-2H3. The average Bonchev–Trinajstić information content (AvgIpc) is 3.06. The molecule has 0 aliphatic carbocycles. The number of benzene rings is 1. The number of methoxy groups -OCH3 is 1. The van der Waals surface area contributed by atoms with Crippen LogP contribution in [0.25, 0.3) is 0 Å². The average molecular weight is 335 g/mol. The monoisotopic (exact) mass is 335 g/mol. The number of rotatable bonds is 6. The molecule has 1 aromatic carbocycles. The SMILES string of the molecule is COCCN(CC1(C)CCOCC1)C(=O)c1ccc2c(c1)OCO2. The number of amides is 1. The van der Waals surface area contributed by atoms with E-state index in [4.69, 9.17) is 18.9 Å². The van der Waals surface area contributed by atoms with E-state index in [0.29, 0.717) is 36.8 Å². The Balaban J connectivity index is 1.75. The molecule has 1 amide bonds. The molecular formula is C18H25NO5. The Morgan fingerprint density at radius 3 is 2.75 bits per heavy atom. The van der Waals surface area contributed by atoms with Crippen molar-refractivity contribution in [3.8, 4) is 11.5 Å². The van der Waals surface area contributed by atoms with Crippen LogP contribution in [-0.2, 0) is 9.47 Å². The minimum atomic E-state index is -0.00179. The van der Waals surface area contributed by atoms with Gasteiger partial charge >= 0.3 is 0 Å². The van der Waals surface area contributed by atoms with Gasteiger partial charge in [-0.05, 0) is 36.5 Å². The summed E-state index contributed by atoms with van der Waals surface area (Å²) in [6.45, 7) is 5.73. The number of carbonyl (C=O) groups is 1. The molecule has 2 heterocycles. The summed E-state index contributed by atoms with van der Waals surface area (Å²) in [6, 6.07) is 5.35. The van der Waals surface area contributed by atoms with E-state index in [2.05, 4.69) is 6.92 Å². The van der Waals surface area contributed by atoms with Crippen molar-refractivity contribution >= 4 is 5.91 Å². The topological polar surface area (TPSA) is 57.2 Å². The van der Waals surface area contributed by atoms with Crippen molar-refractivity contribution in [1.82, 2.24) is 4.90 Å². The maximum absolute atomic E-state index is 13.0. The van der Waals surface area contributed by atoms with E-state index in [0.717, 1.165) is 26.1 Å². The lowest BCUT2D eigenvalue weighted by molar-refractivity contribution is 0.00273. The second-order valence-corrected chi connectivity index (χ2v) is 6.71. The van der Waals surface area contributed by atoms with Crippen LogP contribution in [0.3, 0.4) is 0 Å². The first-order valence-corrected chi connectivity index (χ1v) is 8.37. The highest BCUT2D eigenvalue weighted by atomic mass is 16.7. The first-order valence-electron chi connectivity index (χ1n) is 8.37. The molecule has 0 radical (unpaired) electrons. The molecule has 0 N–H and O–H groups in total. The quantitative estimate of drug-likeness (QED) is 0.798. The predicted molar refractivity (Wildman–Crippen MR) is 88.5 cm³/mol. The molecule has 0 unspecified atom stereocenters. The van der Waals surface area contributed by atoms with E-state index in [1.54, 1.807) is 25.3 Å². The molecule has 0 atom stereocenters. The van der Waals surface area contributed by atoms with Crippen molar-refractivity contribution in [2.45, 2.75) is 19.8 Å². The van der Waals surface area contributed by atoms with Crippen LogP contribution < -0.4 is 9.47 Å². The largest absolute Gasteiger partial charge is 0.454 e. The fourth-order valence-electron chi connectivity index (χ4n) is 3.15. The Kier molecular flexibility index (Phi) is 5.26. The molecule has 2 aliphatic rings. The van der Waals surface area contributed by atoms with Gasteiger partial charge in [0, 0.05) is 39.0 Å². The van der Waals surface area contributed by atoms with Gasteiger partial charge in [0.25, 0.3) is 5.91 Å². The van der Waals surface area contributed by atoms with Crippen LogP contribution in [0.15, 0.2) is 18.2 Å².